The van der Waals surface area contributed by atoms with E-state index in [9.17, 15) is 8.42 Å². The lowest BCUT2D eigenvalue weighted by Gasteiger charge is -2.18. The Morgan fingerprint density at radius 3 is 2.28 bits per heavy atom. The summed E-state index contributed by atoms with van der Waals surface area (Å²) >= 11 is 6.41. The highest BCUT2D eigenvalue weighted by Gasteiger charge is 2.26. The van der Waals surface area contributed by atoms with E-state index in [1.54, 1.807) is 0 Å². The second-order valence-corrected chi connectivity index (χ2v) is 7.41. The van der Waals surface area contributed by atoms with E-state index in [0.717, 1.165) is 0 Å². The van der Waals surface area contributed by atoms with Gasteiger partial charge in [0.05, 0.1) is 0 Å². The van der Waals surface area contributed by atoms with E-state index < -0.39 is 10.0 Å². The van der Waals surface area contributed by atoms with E-state index >= 15 is 0 Å². The molecule has 0 radical (unpaired) electrons. The summed E-state index contributed by atoms with van der Waals surface area (Å²) in [5, 5.41) is 8.74. The van der Waals surface area contributed by atoms with Gasteiger partial charge in [-0.05, 0) is 50.4 Å². The van der Waals surface area contributed by atoms with Crippen molar-refractivity contribution in [1.82, 2.24) is 4.31 Å². The minimum atomic E-state index is -3.62. The Morgan fingerprint density at radius 1 is 1.33 bits per heavy atom. The Labute approximate surface area is 123 Å². The van der Waals surface area contributed by atoms with Gasteiger partial charge >= 0.3 is 0 Å². The van der Waals surface area contributed by atoms with Crippen LogP contribution in [-0.4, -0.2) is 38.0 Å². The average Bonchev–Trinajstić information content (AvgIpc) is 2.23. The fourth-order valence-electron chi connectivity index (χ4n) is 1.40. The number of aliphatic hydroxyl groups excluding tert-OH is 1. The van der Waals surface area contributed by atoms with Gasteiger partial charge in [0.1, 0.15) is 4.90 Å². The molecule has 1 aromatic carbocycles. The summed E-state index contributed by atoms with van der Waals surface area (Å²) in [7, 11) is -2.14. The summed E-state index contributed by atoms with van der Waals surface area (Å²) < 4.78 is 26.7. The maximum absolute atomic E-state index is 12.3. The van der Waals surface area contributed by atoms with Crippen LogP contribution >= 0.6 is 31.9 Å². The van der Waals surface area contributed by atoms with Crippen molar-refractivity contribution < 1.29 is 13.5 Å². The summed E-state index contributed by atoms with van der Waals surface area (Å²) in [5.41, 5.74) is 6.09. The smallest absolute Gasteiger partial charge is 0.245 e. The van der Waals surface area contributed by atoms with E-state index in [1.807, 2.05) is 0 Å². The molecule has 0 saturated carbocycles. The van der Waals surface area contributed by atoms with Crippen molar-refractivity contribution in [1.29, 1.82) is 0 Å². The Morgan fingerprint density at radius 2 is 1.83 bits per heavy atom. The van der Waals surface area contributed by atoms with Crippen LogP contribution in [0.25, 0.3) is 0 Å². The van der Waals surface area contributed by atoms with Crippen LogP contribution in [0, 0.1) is 0 Å². The van der Waals surface area contributed by atoms with Crippen LogP contribution in [0.1, 0.15) is 6.42 Å². The standard InChI is InChI=1S/C10H14Br2N2O3S/c1-14(3-2-4-15)18(16,17)10-8(11)5-7(13)6-9(10)12/h5-6,15H,2-4,13H2,1H3. The fraction of sp³-hybridized carbons (Fsp3) is 0.400. The van der Waals surface area contributed by atoms with E-state index in [-0.39, 0.29) is 18.0 Å². The molecule has 18 heavy (non-hydrogen) atoms. The van der Waals surface area contributed by atoms with E-state index in [0.29, 0.717) is 21.1 Å². The highest BCUT2D eigenvalue weighted by molar-refractivity contribution is 9.11. The van der Waals surface area contributed by atoms with E-state index in [4.69, 9.17) is 10.8 Å². The van der Waals surface area contributed by atoms with Crippen molar-refractivity contribution in [3.8, 4) is 0 Å². The Kier molecular flexibility index (Phi) is 5.60. The minimum Gasteiger partial charge on any atom is -0.399 e. The monoisotopic (exact) mass is 400 g/mol. The average molecular weight is 402 g/mol. The van der Waals surface area contributed by atoms with Crippen LogP contribution in [-0.2, 0) is 10.0 Å². The van der Waals surface area contributed by atoms with Gasteiger partial charge < -0.3 is 10.8 Å². The molecule has 1 rings (SSSR count). The minimum absolute atomic E-state index is 0.0516. The van der Waals surface area contributed by atoms with Gasteiger partial charge in [-0.15, -0.1) is 0 Å². The summed E-state index contributed by atoms with van der Waals surface area (Å²) in [6.07, 6.45) is 0.389. The molecule has 0 atom stereocenters. The summed E-state index contributed by atoms with van der Waals surface area (Å²) in [6, 6.07) is 3.08. The third kappa shape index (κ3) is 3.45. The van der Waals surface area contributed by atoms with Crippen LogP contribution in [0.5, 0.6) is 0 Å². The molecule has 0 amide bonds. The molecular formula is C10H14Br2N2O3S. The Bertz CT molecular complexity index is 511. The number of hydrogen-bond donors (Lipinski definition) is 2. The lowest BCUT2D eigenvalue weighted by Crippen LogP contribution is -2.29. The number of nitrogen functional groups attached to an aromatic ring is 1. The van der Waals surface area contributed by atoms with E-state index in [2.05, 4.69) is 31.9 Å². The van der Waals surface area contributed by atoms with Gasteiger partial charge in [-0.3, -0.25) is 0 Å². The molecule has 0 saturated heterocycles. The number of anilines is 1. The van der Waals surface area contributed by atoms with Crippen LogP contribution < -0.4 is 5.73 Å². The largest absolute Gasteiger partial charge is 0.399 e. The van der Waals surface area contributed by atoms with E-state index in [1.165, 1.54) is 23.5 Å². The number of benzene rings is 1. The van der Waals surface area contributed by atoms with Crippen LogP contribution in [0.4, 0.5) is 5.69 Å². The first-order valence-corrected chi connectivity index (χ1v) is 8.15. The van der Waals surface area contributed by atoms with Crippen molar-refractivity contribution in [3.63, 3.8) is 0 Å². The van der Waals surface area contributed by atoms with Gasteiger partial charge in [0.25, 0.3) is 0 Å². The zero-order chi connectivity index (χ0) is 13.9. The number of halogens is 2. The van der Waals surface area contributed by atoms with Crippen LogP contribution in [0.15, 0.2) is 26.0 Å². The second kappa shape index (κ2) is 6.33. The first-order chi connectivity index (χ1) is 8.30. The van der Waals surface area contributed by atoms with Crippen LogP contribution in [0.3, 0.4) is 0 Å². The van der Waals surface area contributed by atoms with Gasteiger partial charge in [-0.1, -0.05) is 0 Å². The number of nitrogens with two attached hydrogens (primary N) is 1. The molecule has 5 nitrogen and oxygen atoms in total. The summed E-state index contributed by atoms with van der Waals surface area (Å²) in [5.74, 6) is 0. The van der Waals surface area contributed by atoms with Gasteiger partial charge in [-0.2, -0.15) is 0 Å². The van der Waals surface area contributed by atoms with Crippen molar-refractivity contribution in [2.75, 3.05) is 25.9 Å². The molecule has 102 valence electrons. The van der Waals surface area contributed by atoms with Gasteiger partial charge in [0.2, 0.25) is 10.0 Å². The lowest BCUT2D eigenvalue weighted by atomic mass is 10.3. The number of nitrogens with zero attached hydrogens (tertiary/aromatic N) is 1. The Hall–Kier alpha value is -0.150. The molecule has 8 heteroatoms. The van der Waals surface area contributed by atoms with Crippen molar-refractivity contribution in [2.45, 2.75) is 11.3 Å². The number of rotatable bonds is 5. The van der Waals surface area contributed by atoms with Gasteiger partial charge in [0, 0.05) is 34.8 Å². The van der Waals surface area contributed by atoms with Crippen LogP contribution in [0.2, 0.25) is 0 Å². The molecule has 0 heterocycles. The topological polar surface area (TPSA) is 83.6 Å². The molecule has 0 aliphatic rings. The molecule has 0 aromatic heterocycles. The molecule has 3 N–H and O–H groups in total. The summed E-state index contributed by atoms with van der Waals surface area (Å²) in [4.78, 5) is 0.136. The van der Waals surface area contributed by atoms with Crippen molar-refractivity contribution in [3.05, 3.63) is 21.1 Å². The third-order valence-corrected chi connectivity index (χ3v) is 6.05. The molecule has 0 aliphatic carbocycles. The van der Waals surface area contributed by atoms with Gasteiger partial charge in [-0.25, -0.2) is 12.7 Å². The fourth-order valence-corrected chi connectivity index (χ4v) is 5.14. The zero-order valence-electron chi connectivity index (χ0n) is 9.73. The molecule has 0 unspecified atom stereocenters. The zero-order valence-corrected chi connectivity index (χ0v) is 13.7. The van der Waals surface area contributed by atoms with Crippen molar-refractivity contribution >= 4 is 47.6 Å². The molecule has 0 aliphatic heterocycles. The molecular weight excluding hydrogens is 388 g/mol. The summed E-state index contributed by atoms with van der Waals surface area (Å²) in [6.45, 7) is 0.200. The maximum atomic E-state index is 12.3. The normalized spacial score (nSPS) is 12.1. The third-order valence-electron chi connectivity index (χ3n) is 2.32. The first kappa shape index (κ1) is 15.9. The molecule has 1 aromatic rings. The Balaban J connectivity index is 3.20. The second-order valence-electron chi connectivity index (χ2n) is 3.72. The first-order valence-electron chi connectivity index (χ1n) is 5.12. The van der Waals surface area contributed by atoms with Gasteiger partial charge in [0.15, 0.2) is 0 Å². The molecule has 0 bridgehead atoms. The maximum Gasteiger partial charge on any atom is 0.245 e. The number of hydrogen-bond acceptors (Lipinski definition) is 4. The highest BCUT2D eigenvalue weighted by atomic mass is 79.9. The quantitative estimate of drug-likeness (QED) is 0.736. The molecule has 0 fully saturated rings. The predicted octanol–water partition coefficient (Wildman–Crippen LogP) is 1.80. The highest BCUT2D eigenvalue weighted by Crippen LogP contribution is 2.33. The SMILES string of the molecule is CN(CCCO)S(=O)(=O)c1c(Br)cc(N)cc1Br. The number of sulfonamides is 1. The van der Waals surface area contributed by atoms with Crippen molar-refractivity contribution in [2.24, 2.45) is 0 Å². The molecule has 0 spiro atoms. The predicted molar refractivity (Wildman–Crippen MR) is 77.8 cm³/mol. The number of aliphatic hydroxyl groups is 1. The lowest BCUT2D eigenvalue weighted by molar-refractivity contribution is 0.275.